The Balaban J connectivity index is 2.97. The zero-order valence-electron chi connectivity index (χ0n) is 11.2. The maximum atomic E-state index is 9.59. The van der Waals surface area contributed by atoms with E-state index in [1.54, 1.807) is 6.92 Å². The third kappa shape index (κ3) is 3.46. The van der Waals surface area contributed by atoms with E-state index in [0.717, 1.165) is 10.0 Å². The smallest absolute Gasteiger partial charge is 0.0772 e. The molecular weight excluding hydrogens is 278 g/mol. The molecule has 0 saturated heterocycles. The lowest BCUT2D eigenvalue weighted by Gasteiger charge is -2.30. The van der Waals surface area contributed by atoms with Crippen molar-refractivity contribution in [1.29, 1.82) is 0 Å². The highest BCUT2D eigenvalue weighted by Crippen LogP contribution is 2.29. The van der Waals surface area contributed by atoms with Crippen molar-refractivity contribution in [2.75, 3.05) is 11.9 Å². The van der Waals surface area contributed by atoms with Gasteiger partial charge in [0.05, 0.1) is 6.10 Å². The van der Waals surface area contributed by atoms with E-state index >= 15 is 0 Å². The molecule has 1 aromatic carbocycles. The van der Waals surface area contributed by atoms with Crippen LogP contribution in [0.4, 0.5) is 5.69 Å². The maximum Gasteiger partial charge on any atom is 0.0772 e. The van der Waals surface area contributed by atoms with Gasteiger partial charge in [0.15, 0.2) is 0 Å². The van der Waals surface area contributed by atoms with E-state index in [9.17, 15) is 5.11 Å². The van der Waals surface area contributed by atoms with Crippen LogP contribution in [0, 0.1) is 5.92 Å². The minimum absolute atomic E-state index is 0.439. The van der Waals surface area contributed by atoms with Gasteiger partial charge in [-0.05, 0) is 37.5 Å². The Bertz CT molecular complexity index is 376. The molecule has 0 radical (unpaired) electrons. The summed E-state index contributed by atoms with van der Waals surface area (Å²) in [6.45, 7) is 8.45. The summed E-state index contributed by atoms with van der Waals surface area (Å²) >= 11 is 3.52. The fraction of sp³-hybridized carbons (Fsp3) is 0.571. The Morgan fingerprint density at radius 1 is 1.18 bits per heavy atom. The van der Waals surface area contributed by atoms with Gasteiger partial charge in [0.25, 0.3) is 0 Å². The van der Waals surface area contributed by atoms with E-state index in [1.807, 2.05) is 6.07 Å². The number of hydrogen-bond donors (Lipinski definition) is 1. The van der Waals surface area contributed by atoms with Gasteiger partial charge < -0.3 is 10.0 Å². The maximum absolute atomic E-state index is 9.59. The fourth-order valence-corrected chi connectivity index (χ4v) is 2.45. The lowest BCUT2D eigenvalue weighted by atomic mass is 10.0. The number of aliphatic hydroxyl groups is 1. The average molecular weight is 300 g/mol. The van der Waals surface area contributed by atoms with Crippen LogP contribution in [0.25, 0.3) is 0 Å². The van der Waals surface area contributed by atoms with Gasteiger partial charge in [-0.15, -0.1) is 0 Å². The molecule has 0 fully saturated rings. The van der Waals surface area contributed by atoms with Crippen LogP contribution in [0.15, 0.2) is 22.7 Å². The third-order valence-electron chi connectivity index (χ3n) is 3.42. The van der Waals surface area contributed by atoms with Crippen molar-refractivity contribution in [3.63, 3.8) is 0 Å². The first-order valence-electron chi connectivity index (χ1n) is 6.05. The van der Waals surface area contributed by atoms with Crippen molar-refractivity contribution >= 4 is 21.6 Å². The van der Waals surface area contributed by atoms with Gasteiger partial charge in [-0.2, -0.15) is 0 Å². The Morgan fingerprint density at radius 2 is 1.76 bits per heavy atom. The monoisotopic (exact) mass is 299 g/mol. The van der Waals surface area contributed by atoms with E-state index in [-0.39, 0.29) is 0 Å². The summed E-state index contributed by atoms with van der Waals surface area (Å²) in [5.41, 5.74) is 2.10. The van der Waals surface area contributed by atoms with Crippen molar-refractivity contribution in [3.8, 4) is 0 Å². The first-order chi connectivity index (χ1) is 7.84. The number of rotatable bonds is 4. The van der Waals surface area contributed by atoms with Gasteiger partial charge in [0.1, 0.15) is 0 Å². The van der Waals surface area contributed by atoms with E-state index in [1.165, 1.54) is 5.69 Å². The summed E-state index contributed by atoms with van der Waals surface area (Å²) in [5, 5.41) is 9.59. The number of aliphatic hydroxyl groups excluding tert-OH is 1. The first kappa shape index (κ1) is 14.5. The number of benzene rings is 1. The normalized spacial score (nSPS) is 14.8. The zero-order valence-corrected chi connectivity index (χ0v) is 12.8. The molecule has 17 heavy (non-hydrogen) atoms. The molecule has 0 spiro atoms. The molecule has 1 aromatic rings. The summed E-state index contributed by atoms with van der Waals surface area (Å²) in [7, 11) is 2.11. The molecule has 0 heterocycles. The molecule has 2 unspecified atom stereocenters. The van der Waals surface area contributed by atoms with Crippen LogP contribution in [-0.2, 0) is 0 Å². The standard InChI is InChI=1S/C14H22BrNO/c1-9(2)10(3)16(5)12-6-7-13(11(4)17)14(15)8-12/h6-11,17H,1-5H3. The minimum Gasteiger partial charge on any atom is -0.389 e. The molecule has 2 nitrogen and oxygen atoms in total. The van der Waals surface area contributed by atoms with Crippen molar-refractivity contribution in [3.05, 3.63) is 28.2 Å². The first-order valence-corrected chi connectivity index (χ1v) is 6.84. The van der Waals surface area contributed by atoms with Gasteiger partial charge in [-0.25, -0.2) is 0 Å². The van der Waals surface area contributed by atoms with Crippen LogP contribution in [-0.4, -0.2) is 18.2 Å². The molecule has 0 bridgehead atoms. The van der Waals surface area contributed by atoms with Gasteiger partial charge in [0, 0.05) is 23.2 Å². The van der Waals surface area contributed by atoms with Gasteiger partial charge in [-0.1, -0.05) is 35.8 Å². The highest BCUT2D eigenvalue weighted by molar-refractivity contribution is 9.10. The van der Waals surface area contributed by atoms with E-state index in [2.05, 4.69) is 60.8 Å². The van der Waals surface area contributed by atoms with Crippen molar-refractivity contribution < 1.29 is 5.11 Å². The Morgan fingerprint density at radius 3 is 2.18 bits per heavy atom. The summed E-state index contributed by atoms with van der Waals surface area (Å²) in [5.74, 6) is 0.607. The summed E-state index contributed by atoms with van der Waals surface area (Å²) < 4.78 is 0.966. The number of halogens is 1. The molecule has 1 N–H and O–H groups in total. The van der Waals surface area contributed by atoms with Crippen LogP contribution < -0.4 is 4.90 Å². The van der Waals surface area contributed by atoms with E-state index in [0.29, 0.717) is 12.0 Å². The Hall–Kier alpha value is -0.540. The molecule has 3 heteroatoms. The summed E-state index contributed by atoms with van der Waals surface area (Å²) in [6.07, 6.45) is -0.439. The molecular formula is C14H22BrNO. The van der Waals surface area contributed by atoms with Crippen LogP contribution in [0.1, 0.15) is 39.4 Å². The number of nitrogens with zero attached hydrogens (tertiary/aromatic N) is 1. The van der Waals surface area contributed by atoms with Crippen LogP contribution in [0.2, 0.25) is 0 Å². The fourth-order valence-electron chi connectivity index (χ4n) is 1.76. The predicted octanol–water partition coefficient (Wildman–Crippen LogP) is 3.98. The lowest BCUT2D eigenvalue weighted by Crippen LogP contribution is -2.33. The van der Waals surface area contributed by atoms with Gasteiger partial charge >= 0.3 is 0 Å². The molecule has 1 rings (SSSR count). The van der Waals surface area contributed by atoms with Crippen molar-refractivity contribution in [1.82, 2.24) is 0 Å². The lowest BCUT2D eigenvalue weighted by molar-refractivity contribution is 0.198. The molecule has 0 aliphatic rings. The quantitative estimate of drug-likeness (QED) is 0.909. The second-order valence-corrected chi connectivity index (χ2v) is 5.83. The molecule has 2 atom stereocenters. The topological polar surface area (TPSA) is 23.5 Å². The Labute approximate surface area is 113 Å². The SMILES string of the molecule is CC(O)c1ccc(N(C)C(C)C(C)C)cc1Br. The Kier molecular flexibility index (Phi) is 5.02. The molecule has 96 valence electrons. The predicted molar refractivity (Wildman–Crippen MR) is 77.5 cm³/mol. The molecule has 0 saturated carbocycles. The third-order valence-corrected chi connectivity index (χ3v) is 4.10. The van der Waals surface area contributed by atoms with Crippen LogP contribution in [0.5, 0.6) is 0 Å². The number of anilines is 1. The van der Waals surface area contributed by atoms with Crippen molar-refractivity contribution in [2.45, 2.75) is 39.8 Å². The summed E-state index contributed by atoms with van der Waals surface area (Å²) in [4.78, 5) is 2.27. The van der Waals surface area contributed by atoms with E-state index < -0.39 is 6.10 Å². The largest absolute Gasteiger partial charge is 0.389 e. The van der Waals surface area contributed by atoms with E-state index in [4.69, 9.17) is 0 Å². The second kappa shape index (κ2) is 5.87. The molecule has 0 aromatic heterocycles. The van der Waals surface area contributed by atoms with Gasteiger partial charge in [-0.3, -0.25) is 0 Å². The van der Waals surface area contributed by atoms with Crippen LogP contribution in [0.3, 0.4) is 0 Å². The highest BCUT2D eigenvalue weighted by atomic mass is 79.9. The zero-order chi connectivity index (χ0) is 13.2. The highest BCUT2D eigenvalue weighted by Gasteiger charge is 2.15. The molecule has 0 amide bonds. The van der Waals surface area contributed by atoms with Crippen molar-refractivity contribution in [2.24, 2.45) is 5.92 Å². The summed E-state index contributed by atoms with van der Waals surface area (Å²) in [6, 6.07) is 6.60. The van der Waals surface area contributed by atoms with Crippen LogP contribution >= 0.6 is 15.9 Å². The number of hydrogen-bond acceptors (Lipinski definition) is 2. The molecule has 0 aliphatic carbocycles. The van der Waals surface area contributed by atoms with Gasteiger partial charge in [0.2, 0.25) is 0 Å². The average Bonchev–Trinajstić information content (AvgIpc) is 2.26. The molecule has 0 aliphatic heterocycles. The second-order valence-electron chi connectivity index (χ2n) is 4.98. The minimum atomic E-state index is -0.439.